The second-order valence-corrected chi connectivity index (χ2v) is 9.24. The summed E-state index contributed by atoms with van der Waals surface area (Å²) in [7, 11) is 0. The lowest BCUT2D eigenvalue weighted by Gasteiger charge is -2.16. The van der Waals surface area contributed by atoms with Crippen LogP contribution in [0.5, 0.6) is 0 Å². The van der Waals surface area contributed by atoms with Crippen molar-refractivity contribution < 1.29 is 9.53 Å². The molecule has 4 aromatic rings. The quantitative estimate of drug-likeness (QED) is 0.402. The highest BCUT2D eigenvalue weighted by Gasteiger charge is 2.24. The molecule has 3 heterocycles. The zero-order valence-electron chi connectivity index (χ0n) is 20.2. The summed E-state index contributed by atoms with van der Waals surface area (Å²) < 4.78 is 9.97. The van der Waals surface area contributed by atoms with Gasteiger partial charge < -0.3 is 9.30 Å². The van der Waals surface area contributed by atoms with E-state index in [2.05, 4.69) is 4.98 Å². The van der Waals surface area contributed by atoms with Crippen LogP contribution in [0.2, 0.25) is 0 Å². The minimum atomic E-state index is -0.462. The van der Waals surface area contributed by atoms with E-state index in [0.29, 0.717) is 17.9 Å². The highest BCUT2D eigenvalue weighted by Crippen LogP contribution is 2.19. The van der Waals surface area contributed by atoms with Crippen LogP contribution in [0.25, 0.3) is 16.9 Å². The fourth-order valence-corrected chi connectivity index (χ4v) is 4.85. The number of ether oxygens (including phenoxy) is 1. The summed E-state index contributed by atoms with van der Waals surface area (Å²) in [5.41, 5.74) is 3.63. The van der Waals surface area contributed by atoms with Crippen LogP contribution in [0, 0.1) is 20.8 Å². The number of aromatic nitrogens is 4. The minimum absolute atomic E-state index is 0.0540. The summed E-state index contributed by atoms with van der Waals surface area (Å²) in [6, 6.07) is 13.1. The van der Waals surface area contributed by atoms with Crippen LogP contribution in [-0.2, 0) is 17.8 Å². The molecule has 180 valence electrons. The van der Waals surface area contributed by atoms with Gasteiger partial charge in [0, 0.05) is 12.2 Å². The molecule has 1 fully saturated rings. The molecule has 0 unspecified atom stereocenters. The largest absolute Gasteiger partial charge is 0.376 e. The standard InChI is InChI=1S/C27H28N4O4/c1-17-10-11-21(19(3)13-17)23(32)15-29-16-28-25-24(29)26(33)30(14-20-8-6-12-35-20)27(34)31(25)22-9-5-4-7-18(22)2/h4-5,7,9-11,13,16,20H,6,8,12,14-15H2,1-3H3/t20-/m1/s1. The fraction of sp³-hybridized carbons (Fsp3) is 0.333. The van der Waals surface area contributed by atoms with E-state index < -0.39 is 11.2 Å². The van der Waals surface area contributed by atoms with Crippen molar-refractivity contribution in [3.63, 3.8) is 0 Å². The number of para-hydroxylation sites is 1. The first-order valence-corrected chi connectivity index (χ1v) is 11.8. The predicted octanol–water partition coefficient (Wildman–Crippen LogP) is 3.34. The van der Waals surface area contributed by atoms with Gasteiger partial charge in [-0.25, -0.2) is 14.3 Å². The molecule has 0 amide bonds. The normalized spacial score (nSPS) is 15.7. The molecule has 2 aromatic carbocycles. The molecule has 8 nitrogen and oxygen atoms in total. The number of aryl methyl sites for hydroxylation is 3. The second kappa shape index (κ2) is 9.11. The van der Waals surface area contributed by atoms with Gasteiger partial charge in [-0.3, -0.25) is 14.2 Å². The van der Waals surface area contributed by atoms with E-state index in [9.17, 15) is 14.4 Å². The molecule has 1 aliphatic heterocycles. The first-order valence-electron chi connectivity index (χ1n) is 11.8. The number of imidazole rings is 1. The number of benzene rings is 2. The molecule has 0 spiro atoms. The Kier molecular flexibility index (Phi) is 5.98. The molecule has 0 radical (unpaired) electrons. The highest BCUT2D eigenvalue weighted by atomic mass is 16.5. The van der Waals surface area contributed by atoms with Gasteiger partial charge >= 0.3 is 5.69 Å². The Morgan fingerprint density at radius 3 is 2.60 bits per heavy atom. The number of hydrogen-bond acceptors (Lipinski definition) is 5. The van der Waals surface area contributed by atoms with E-state index in [1.54, 1.807) is 4.57 Å². The maximum Gasteiger partial charge on any atom is 0.337 e. The van der Waals surface area contributed by atoms with Gasteiger partial charge in [-0.2, -0.15) is 0 Å². The van der Waals surface area contributed by atoms with Crippen molar-refractivity contribution >= 4 is 16.9 Å². The number of rotatable bonds is 6. The third kappa shape index (κ3) is 4.14. The summed E-state index contributed by atoms with van der Waals surface area (Å²) in [5, 5.41) is 0. The fourth-order valence-electron chi connectivity index (χ4n) is 4.85. The molecule has 0 N–H and O–H groups in total. The number of carbonyl (C=O) groups is 1. The second-order valence-electron chi connectivity index (χ2n) is 9.24. The predicted molar refractivity (Wildman–Crippen MR) is 134 cm³/mol. The Morgan fingerprint density at radius 1 is 1.09 bits per heavy atom. The molecule has 1 saturated heterocycles. The molecule has 1 atom stereocenters. The topological polar surface area (TPSA) is 88.1 Å². The van der Waals surface area contributed by atoms with Crippen LogP contribution < -0.4 is 11.2 Å². The molecule has 8 heteroatoms. The molecule has 35 heavy (non-hydrogen) atoms. The maximum atomic E-state index is 13.6. The Bertz CT molecular complexity index is 1550. The van der Waals surface area contributed by atoms with Crippen molar-refractivity contribution in [3.8, 4) is 5.69 Å². The molecule has 0 saturated carbocycles. The molecule has 1 aliphatic rings. The number of nitrogens with zero attached hydrogens (tertiary/aromatic N) is 4. The number of ketones is 1. The van der Waals surface area contributed by atoms with Gasteiger partial charge in [-0.05, 0) is 50.8 Å². The number of fused-ring (bicyclic) bond motifs is 1. The summed E-state index contributed by atoms with van der Waals surface area (Å²) in [4.78, 5) is 44.9. The summed E-state index contributed by atoms with van der Waals surface area (Å²) >= 11 is 0. The molecular weight excluding hydrogens is 444 g/mol. The van der Waals surface area contributed by atoms with Crippen molar-refractivity contribution in [2.75, 3.05) is 6.61 Å². The van der Waals surface area contributed by atoms with E-state index >= 15 is 0 Å². The summed E-state index contributed by atoms with van der Waals surface area (Å²) in [5.74, 6) is -0.125. The smallest absolute Gasteiger partial charge is 0.337 e. The lowest BCUT2D eigenvalue weighted by Crippen LogP contribution is -2.42. The van der Waals surface area contributed by atoms with Gasteiger partial charge in [0.25, 0.3) is 5.56 Å². The molecule has 0 aliphatic carbocycles. The maximum absolute atomic E-state index is 13.6. The van der Waals surface area contributed by atoms with Crippen LogP contribution in [-0.4, -0.2) is 37.2 Å². The Balaban J connectivity index is 1.69. The van der Waals surface area contributed by atoms with Crippen molar-refractivity contribution in [2.45, 2.75) is 52.8 Å². The Hall–Kier alpha value is -3.78. The summed E-state index contributed by atoms with van der Waals surface area (Å²) in [6.07, 6.45) is 2.96. The molecule has 2 aromatic heterocycles. The Morgan fingerprint density at radius 2 is 1.89 bits per heavy atom. The third-order valence-corrected chi connectivity index (χ3v) is 6.66. The molecule has 0 bridgehead atoms. The van der Waals surface area contributed by atoms with Gasteiger partial charge in [0.2, 0.25) is 0 Å². The van der Waals surface area contributed by atoms with Crippen LogP contribution in [0.1, 0.15) is 39.9 Å². The number of Topliss-reactive ketones (excluding diaryl/α,β-unsaturated/α-hetero) is 1. The van der Waals surface area contributed by atoms with Crippen LogP contribution in [0.3, 0.4) is 0 Å². The average Bonchev–Trinajstić information content (AvgIpc) is 3.48. The van der Waals surface area contributed by atoms with E-state index in [1.165, 1.54) is 15.5 Å². The van der Waals surface area contributed by atoms with Gasteiger partial charge in [0.05, 0.1) is 31.2 Å². The van der Waals surface area contributed by atoms with Gasteiger partial charge in [-0.1, -0.05) is 42.0 Å². The highest BCUT2D eigenvalue weighted by molar-refractivity contribution is 5.98. The van der Waals surface area contributed by atoms with Crippen molar-refractivity contribution in [2.24, 2.45) is 0 Å². The third-order valence-electron chi connectivity index (χ3n) is 6.66. The van der Waals surface area contributed by atoms with Gasteiger partial charge in [0.1, 0.15) is 0 Å². The van der Waals surface area contributed by atoms with E-state index in [0.717, 1.165) is 29.5 Å². The lowest BCUT2D eigenvalue weighted by molar-refractivity contribution is 0.0947. The van der Waals surface area contributed by atoms with Crippen LogP contribution >= 0.6 is 0 Å². The zero-order chi connectivity index (χ0) is 24.7. The number of carbonyl (C=O) groups excluding carboxylic acids is 1. The SMILES string of the molecule is Cc1ccc(C(=O)Cn2cnc3c2c(=O)n(C[C@H]2CCCO2)c(=O)n3-c2ccccc2C)c(C)c1. The van der Waals surface area contributed by atoms with Gasteiger partial charge in [-0.15, -0.1) is 0 Å². The molecule has 5 rings (SSSR count). The van der Waals surface area contributed by atoms with Crippen molar-refractivity contribution in [1.29, 1.82) is 0 Å². The average molecular weight is 473 g/mol. The van der Waals surface area contributed by atoms with E-state index in [-0.39, 0.29) is 36.1 Å². The van der Waals surface area contributed by atoms with Crippen molar-refractivity contribution in [1.82, 2.24) is 18.7 Å². The summed E-state index contributed by atoms with van der Waals surface area (Å²) in [6.45, 7) is 6.51. The molecular formula is C27H28N4O4. The van der Waals surface area contributed by atoms with Crippen molar-refractivity contribution in [3.05, 3.63) is 91.9 Å². The Labute approximate surface area is 202 Å². The van der Waals surface area contributed by atoms with E-state index in [1.807, 2.05) is 63.2 Å². The zero-order valence-corrected chi connectivity index (χ0v) is 20.2. The first-order chi connectivity index (χ1) is 16.8. The number of hydrogen-bond donors (Lipinski definition) is 0. The van der Waals surface area contributed by atoms with Crippen LogP contribution in [0.4, 0.5) is 0 Å². The monoisotopic (exact) mass is 472 g/mol. The minimum Gasteiger partial charge on any atom is -0.376 e. The lowest BCUT2D eigenvalue weighted by atomic mass is 10.0. The van der Waals surface area contributed by atoms with E-state index in [4.69, 9.17) is 4.74 Å². The van der Waals surface area contributed by atoms with Gasteiger partial charge in [0.15, 0.2) is 16.9 Å². The van der Waals surface area contributed by atoms with Crippen LogP contribution in [0.15, 0.2) is 58.4 Å². The first kappa shape index (κ1) is 23.0.